The van der Waals surface area contributed by atoms with Crippen molar-refractivity contribution >= 4 is 12.0 Å². The van der Waals surface area contributed by atoms with Crippen molar-refractivity contribution < 1.29 is 9.32 Å². The zero-order valence-electron chi connectivity index (χ0n) is 13.0. The lowest BCUT2D eigenvalue weighted by Crippen LogP contribution is -2.25. The molecule has 0 unspecified atom stereocenters. The van der Waals surface area contributed by atoms with Gasteiger partial charge in [-0.3, -0.25) is 9.78 Å². The molecule has 0 aliphatic carbocycles. The van der Waals surface area contributed by atoms with Gasteiger partial charge in [0, 0.05) is 25.0 Å². The Morgan fingerprint density at radius 2 is 2.38 bits per heavy atom. The zero-order valence-corrected chi connectivity index (χ0v) is 13.0. The van der Waals surface area contributed by atoms with Crippen LogP contribution >= 0.6 is 0 Å². The van der Waals surface area contributed by atoms with Crippen molar-refractivity contribution in [1.29, 1.82) is 0 Å². The molecule has 3 aromatic heterocycles. The third kappa shape index (κ3) is 4.09. The largest absolute Gasteiger partial charge is 0.351 e. The maximum atomic E-state index is 11.7. The standard InChI is InChI=1S/C15H15N7O2/c1-11-18-15(24-20-11)13-10-22(21-19-13)8-7-17-14(23)5-4-12-3-2-6-16-9-12/h2-6,9-10H,7-8H2,1H3,(H,17,23). The first-order valence-electron chi connectivity index (χ1n) is 7.27. The molecule has 1 amide bonds. The molecule has 24 heavy (non-hydrogen) atoms. The van der Waals surface area contributed by atoms with E-state index in [4.69, 9.17) is 4.52 Å². The third-order valence-corrected chi connectivity index (χ3v) is 3.04. The van der Waals surface area contributed by atoms with E-state index >= 15 is 0 Å². The fraction of sp³-hybridized carbons (Fsp3) is 0.200. The van der Waals surface area contributed by atoms with E-state index in [1.807, 2.05) is 12.1 Å². The van der Waals surface area contributed by atoms with Crippen LogP contribution in [0.3, 0.4) is 0 Å². The first-order chi connectivity index (χ1) is 11.7. The fourth-order valence-electron chi connectivity index (χ4n) is 1.91. The minimum Gasteiger partial charge on any atom is -0.351 e. The molecule has 1 N–H and O–H groups in total. The Balaban J connectivity index is 1.47. The summed E-state index contributed by atoms with van der Waals surface area (Å²) >= 11 is 0. The van der Waals surface area contributed by atoms with Gasteiger partial charge >= 0.3 is 0 Å². The highest BCUT2D eigenvalue weighted by Crippen LogP contribution is 2.12. The van der Waals surface area contributed by atoms with E-state index in [0.717, 1.165) is 5.56 Å². The van der Waals surface area contributed by atoms with Gasteiger partial charge in [0.05, 0.1) is 12.7 Å². The summed E-state index contributed by atoms with van der Waals surface area (Å²) in [6.45, 7) is 2.63. The maximum absolute atomic E-state index is 11.7. The minimum atomic E-state index is -0.188. The van der Waals surface area contributed by atoms with Crippen LogP contribution in [0.5, 0.6) is 0 Å². The van der Waals surface area contributed by atoms with Crippen molar-refractivity contribution in [3.8, 4) is 11.6 Å². The van der Waals surface area contributed by atoms with Crippen molar-refractivity contribution in [2.45, 2.75) is 13.5 Å². The summed E-state index contributed by atoms with van der Waals surface area (Å²) in [5.41, 5.74) is 1.36. The summed E-state index contributed by atoms with van der Waals surface area (Å²) in [5, 5.41) is 14.4. The molecule has 0 spiro atoms. The van der Waals surface area contributed by atoms with E-state index in [2.05, 4.69) is 30.8 Å². The van der Waals surface area contributed by atoms with Crippen molar-refractivity contribution in [3.05, 3.63) is 48.2 Å². The second-order valence-electron chi connectivity index (χ2n) is 4.92. The molecule has 0 aliphatic rings. The number of pyridine rings is 1. The van der Waals surface area contributed by atoms with Crippen molar-refractivity contribution in [3.63, 3.8) is 0 Å². The number of carbonyl (C=O) groups is 1. The van der Waals surface area contributed by atoms with Gasteiger partial charge in [-0.1, -0.05) is 16.4 Å². The molecule has 3 heterocycles. The van der Waals surface area contributed by atoms with Crippen LogP contribution in [0, 0.1) is 6.92 Å². The number of nitrogens with one attached hydrogen (secondary N) is 1. The van der Waals surface area contributed by atoms with Gasteiger partial charge in [0.2, 0.25) is 5.91 Å². The van der Waals surface area contributed by atoms with E-state index in [9.17, 15) is 4.79 Å². The van der Waals surface area contributed by atoms with Crippen LogP contribution < -0.4 is 5.32 Å². The molecule has 9 heteroatoms. The summed E-state index contributed by atoms with van der Waals surface area (Å²) in [6.07, 6.45) is 8.21. The van der Waals surface area contributed by atoms with Gasteiger partial charge in [-0.15, -0.1) is 5.10 Å². The van der Waals surface area contributed by atoms with Crippen LogP contribution in [0.25, 0.3) is 17.7 Å². The number of rotatable bonds is 6. The van der Waals surface area contributed by atoms with E-state index in [1.165, 1.54) is 6.08 Å². The van der Waals surface area contributed by atoms with E-state index in [1.54, 1.807) is 36.3 Å². The first-order valence-corrected chi connectivity index (χ1v) is 7.27. The molecule has 9 nitrogen and oxygen atoms in total. The van der Waals surface area contributed by atoms with Crippen molar-refractivity contribution in [2.75, 3.05) is 6.54 Å². The van der Waals surface area contributed by atoms with Crippen molar-refractivity contribution in [1.82, 2.24) is 35.4 Å². The molecule has 122 valence electrons. The lowest BCUT2D eigenvalue weighted by atomic mass is 10.2. The summed E-state index contributed by atoms with van der Waals surface area (Å²) in [4.78, 5) is 19.8. The molecule has 0 bridgehead atoms. The Bertz CT molecular complexity index is 838. The number of carbonyl (C=O) groups excluding carboxylic acids is 1. The highest BCUT2D eigenvalue weighted by Gasteiger charge is 2.10. The van der Waals surface area contributed by atoms with Gasteiger partial charge in [0.1, 0.15) is 0 Å². The molecule has 3 aromatic rings. The smallest absolute Gasteiger partial charge is 0.280 e. The second kappa shape index (κ2) is 7.27. The predicted molar refractivity (Wildman–Crippen MR) is 84.3 cm³/mol. The van der Waals surface area contributed by atoms with Crippen LogP contribution in [-0.2, 0) is 11.3 Å². The van der Waals surface area contributed by atoms with Gasteiger partial charge in [-0.25, -0.2) is 4.68 Å². The SMILES string of the molecule is Cc1noc(-c2cn(CCNC(=O)C=Cc3cccnc3)nn2)n1. The monoisotopic (exact) mass is 325 g/mol. The molecule has 0 saturated heterocycles. The number of hydrogen-bond donors (Lipinski definition) is 1. The van der Waals surface area contributed by atoms with Crippen LogP contribution in [-0.4, -0.2) is 42.6 Å². The molecule has 0 atom stereocenters. The summed E-state index contributed by atoms with van der Waals surface area (Å²) in [6, 6.07) is 3.68. The Morgan fingerprint density at radius 1 is 1.46 bits per heavy atom. The van der Waals surface area contributed by atoms with Crippen LogP contribution in [0.15, 0.2) is 41.3 Å². The average Bonchev–Trinajstić information content (AvgIpc) is 3.23. The number of aromatic nitrogens is 6. The van der Waals surface area contributed by atoms with Crippen LogP contribution in [0.1, 0.15) is 11.4 Å². The molecular weight excluding hydrogens is 310 g/mol. The predicted octanol–water partition coefficient (Wildman–Crippen LogP) is 0.861. The minimum absolute atomic E-state index is 0.188. The van der Waals surface area contributed by atoms with Gasteiger partial charge in [-0.05, 0) is 24.6 Å². The Kier molecular flexibility index (Phi) is 4.70. The Hall–Kier alpha value is -3.36. The summed E-state index contributed by atoms with van der Waals surface area (Å²) < 4.78 is 6.62. The number of aryl methyl sites for hydroxylation is 1. The normalized spacial score (nSPS) is 11.0. The van der Waals surface area contributed by atoms with E-state index < -0.39 is 0 Å². The van der Waals surface area contributed by atoms with Crippen LogP contribution in [0.2, 0.25) is 0 Å². The van der Waals surface area contributed by atoms with E-state index in [-0.39, 0.29) is 5.91 Å². The van der Waals surface area contributed by atoms with Crippen molar-refractivity contribution in [2.24, 2.45) is 0 Å². The number of hydrogen-bond acceptors (Lipinski definition) is 7. The average molecular weight is 325 g/mol. The Morgan fingerprint density at radius 3 is 3.12 bits per heavy atom. The van der Waals surface area contributed by atoms with Gasteiger partial charge < -0.3 is 9.84 Å². The molecule has 0 saturated carbocycles. The molecule has 0 fully saturated rings. The lowest BCUT2D eigenvalue weighted by Gasteiger charge is -2.01. The van der Waals surface area contributed by atoms with Gasteiger partial charge in [0.25, 0.3) is 5.89 Å². The topological polar surface area (TPSA) is 112 Å². The molecule has 3 rings (SSSR count). The quantitative estimate of drug-likeness (QED) is 0.669. The van der Waals surface area contributed by atoms with Gasteiger partial charge in [0.15, 0.2) is 11.5 Å². The van der Waals surface area contributed by atoms with E-state index in [0.29, 0.717) is 30.5 Å². The molecular formula is C15H15N7O2. The van der Waals surface area contributed by atoms with Crippen LogP contribution in [0.4, 0.5) is 0 Å². The first kappa shape index (κ1) is 15.5. The third-order valence-electron chi connectivity index (χ3n) is 3.04. The zero-order chi connectivity index (χ0) is 16.8. The Labute approximate surface area is 137 Å². The highest BCUT2D eigenvalue weighted by atomic mass is 16.5. The summed E-state index contributed by atoms with van der Waals surface area (Å²) in [7, 11) is 0. The van der Waals surface area contributed by atoms with Gasteiger partial charge in [-0.2, -0.15) is 4.98 Å². The second-order valence-corrected chi connectivity index (χ2v) is 4.92. The summed E-state index contributed by atoms with van der Waals surface area (Å²) in [5.74, 6) is 0.668. The number of nitrogens with zero attached hydrogens (tertiary/aromatic N) is 6. The highest BCUT2D eigenvalue weighted by molar-refractivity contribution is 5.91. The maximum Gasteiger partial charge on any atom is 0.280 e. The lowest BCUT2D eigenvalue weighted by molar-refractivity contribution is -0.116. The molecule has 0 radical (unpaired) electrons. The molecule has 0 aromatic carbocycles. The fourth-order valence-corrected chi connectivity index (χ4v) is 1.91. The number of amides is 1. The molecule has 0 aliphatic heterocycles.